The van der Waals surface area contributed by atoms with Crippen molar-refractivity contribution in [2.45, 2.75) is 32.5 Å². The van der Waals surface area contributed by atoms with Gasteiger partial charge < -0.3 is 5.11 Å². The van der Waals surface area contributed by atoms with E-state index in [4.69, 9.17) is 5.11 Å². The number of alkyl halides is 3. The van der Waals surface area contributed by atoms with Gasteiger partial charge >= 0.3 is 12.3 Å². The average molecular weight is 394 g/mol. The van der Waals surface area contributed by atoms with Gasteiger partial charge in [-0.25, -0.2) is 9.78 Å². The zero-order valence-corrected chi connectivity index (χ0v) is 12.6. The van der Waals surface area contributed by atoms with Gasteiger partial charge in [0, 0.05) is 5.54 Å². The molecule has 0 aliphatic heterocycles. The first-order valence-electron chi connectivity index (χ1n) is 4.71. The number of hydrogen-bond donors (Lipinski definition) is 1. The summed E-state index contributed by atoms with van der Waals surface area (Å²) >= 11 is 2.09. The fourth-order valence-corrected chi connectivity index (χ4v) is 2.88. The number of nitrogens with zero attached hydrogens (tertiary/aromatic N) is 2. The number of carbonyl (C=O) groups is 1. The fourth-order valence-electron chi connectivity index (χ4n) is 1.25. The van der Waals surface area contributed by atoms with Crippen LogP contribution in [-0.4, -0.2) is 21.7 Å². The van der Waals surface area contributed by atoms with Crippen molar-refractivity contribution < 1.29 is 23.1 Å². The molecule has 1 amide bonds. The molecule has 0 aliphatic carbocycles. The minimum atomic E-state index is -4.56. The molecule has 0 aromatic carbocycles. The lowest BCUT2D eigenvalue weighted by Gasteiger charge is -2.31. The van der Waals surface area contributed by atoms with E-state index in [9.17, 15) is 18.0 Å². The lowest BCUT2D eigenvalue weighted by molar-refractivity contribution is -0.137. The molecule has 0 aliphatic rings. The molecule has 0 saturated heterocycles. The van der Waals surface area contributed by atoms with Gasteiger partial charge in [-0.2, -0.15) is 13.2 Å². The molecule has 1 rings (SSSR count). The second-order valence-electron chi connectivity index (χ2n) is 4.40. The van der Waals surface area contributed by atoms with Crippen LogP contribution in [-0.2, 0) is 6.18 Å². The van der Waals surface area contributed by atoms with Crippen molar-refractivity contribution in [2.24, 2.45) is 0 Å². The van der Waals surface area contributed by atoms with Gasteiger partial charge in [0.1, 0.15) is 2.88 Å². The Morgan fingerprint density at radius 1 is 1.39 bits per heavy atom. The lowest BCUT2D eigenvalue weighted by Crippen LogP contribution is -2.45. The SMILES string of the molecule is CC(C)(C)N(C(=O)O)c1nc(C(F)(F)F)sc1I. The van der Waals surface area contributed by atoms with Crippen molar-refractivity contribution in [1.82, 2.24) is 4.98 Å². The minimum absolute atomic E-state index is 0.173. The van der Waals surface area contributed by atoms with Crippen LogP contribution in [0, 0.1) is 2.88 Å². The summed E-state index contributed by atoms with van der Waals surface area (Å²) in [5.41, 5.74) is -0.872. The second kappa shape index (κ2) is 4.83. The molecule has 9 heteroatoms. The van der Waals surface area contributed by atoms with Crippen molar-refractivity contribution >= 4 is 45.8 Å². The van der Waals surface area contributed by atoms with Gasteiger partial charge in [0.2, 0.25) is 5.01 Å². The Morgan fingerprint density at radius 2 is 1.89 bits per heavy atom. The summed E-state index contributed by atoms with van der Waals surface area (Å²) in [6, 6.07) is 0. The number of aromatic nitrogens is 1. The summed E-state index contributed by atoms with van der Waals surface area (Å²) < 4.78 is 37.8. The number of halogens is 4. The normalized spacial score (nSPS) is 12.6. The maximum Gasteiger partial charge on any atom is 0.443 e. The zero-order chi connectivity index (χ0) is 14.3. The van der Waals surface area contributed by atoms with E-state index in [0.717, 1.165) is 4.90 Å². The predicted octanol–water partition coefficient (Wildman–Crippen LogP) is 4.05. The van der Waals surface area contributed by atoms with Crippen molar-refractivity contribution in [1.29, 1.82) is 0 Å². The van der Waals surface area contributed by atoms with Crippen LogP contribution in [0.25, 0.3) is 0 Å². The first-order chi connectivity index (χ1) is 7.94. The van der Waals surface area contributed by atoms with Gasteiger partial charge in [-0.05, 0) is 43.4 Å². The molecule has 0 fully saturated rings. The molecule has 0 saturated carbocycles. The molecule has 0 bridgehead atoms. The van der Waals surface area contributed by atoms with Crippen molar-refractivity contribution in [3.63, 3.8) is 0 Å². The van der Waals surface area contributed by atoms with E-state index in [0.29, 0.717) is 11.3 Å². The fraction of sp³-hybridized carbons (Fsp3) is 0.556. The summed E-state index contributed by atoms with van der Waals surface area (Å²) in [4.78, 5) is 15.4. The molecule has 1 aromatic heterocycles. The molecule has 0 spiro atoms. The van der Waals surface area contributed by atoms with Gasteiger partial charge in [0.25, 0.3) is 0 Å². The van der Waals surface area contributed by atoms with Crippen molar-refractivity contribution in [3.05, 3.63) is 7.89 Å². The van der Waals surface area contributed by atoms with E-state index < -0.39 is 22.8 Å². The maximum atomic E-state index is 12.5. The highest BCUT2D eigenvalue weighted by atomic mass is 127. The van der Waals surface area contributed by atoms with E-state index in [1.807, 2.05) is 0 Å². The van der Waals surface area contributed by atoms with Gasteiger partial charge in [-0.3, -0.25) is 4.90 Å². The van der Waals surface area contributed by atoms with Crippen molar-refractivity contribution in [3.8, 4) is 0 Å². The molecule has 1 N–H and O–H groups in total. The van der Waals surface area contributed by atoms with E-state index >= 15 is 0 Å². The molecule has 4 nitrogen and oxygen atoms in total. The smallest absolute Gasteiger partial charge is 0.443 e. The molecule has 1 aromatic rings. The maximum absolute atomic E-state index is 12.5. The molecule has 18 heavy (non-hydrogen) atoms. The Kier molecular flexibility index (Phi) is 4.16. The number of amides is 1. The van der Waals surface area contributed by atoms with E-state index in [-0.39, 0.29) is 8.70 Å². The van der Waals surface area contributed by atoms with Crippen LogP contribution in [0.5, 0.6) is 0 Å². The van der Waals surface area contributed by atoms with Crippen LogP contribution in [0.4, 0.5) is 23.8 Å². The van der Waals surface area contributed by atoms with Crippen LogP contribution in [0.3, 0.4) is 0 Å². The van der Waals surface area contributed by atoms with Gasteiger partial charge in [-0.15, -0.1) is 11.3 Å². The summed E-state index contributed by atoms with van der Waals surface area (Å²) in [5, 5.41) is 8.06. The van der Waals surface area contributed by atoms with Crippen LogP contribution in [0.15, 0.2) is 0 Å². The molecular weight excluding hydrogens is 384 g/mol. The lowest BCUT2D eigenvalue weighted by atomic mass is 10.1. The summed E-state index contributed by atoms with van der Waals surface area (Å²) in [5.74, 6) is -0.173. The number of thiazole rings is 1. The van der Waals surface area contributed by atoms with Gasteiger partial charge in [0.05, 0.1) is 0 Å². The minimum Gasteiger partial charge on any atom is -0.465 e. The number of hydrogen-bond acceptors (Lipinski definition) is 3. The predicted molar refractivity (Wildman–Crippen MR) is 70.1 cm³/mol. The summed E-state index contributed by atoms with van der Waals surface area (Å²) in [6.07, 6.45) is -5.90. The van der Waals surface area contributed by atoms with E-state index in [1.54, 1.807) is 43.4 Å². The quantitative estimate of drug-likeness (QED) is 0.732. The molecule has 0 unspecified atom stereocenters. The highest BCUT2D eigenvalue weighted by molar-refractivity contribution is 14.1. The highest BCUT2D eigenvalue weighted by Crippen LogP contribution is 2.39. The summed E-state index contributed by atoms with van der Waals surface area (Å²) in [6.45, 7) is 4.76. The molecule has 0 radical (unpaired) electrons. The number of anilines is 1. The first-order valence-corrected chi connectivity index (χ1v) is 6.61. The zero-order valence-electron chi connectivity index (χ0n) is 9.67. The molecular formula is C9H10F3IN2O2S. The van der Waals surface area contributed by atoms with Crippen LogP contribution >= 0.6 is 33.9 Å². The Labute approximate surface area is 119 Å². The van der Waals surface area contributed by atoms with Gasteiger partial charge in [-0.1, -0.05) is 0 Å². The number of carboxylic acid groups (broad SMARTS) is 1. The van der Waals surface area contributed by atoms with Crippen LogP contribution < -0.4 is 4.90 Å². The molecule has 102 valence electrons. The van der Waals surface area contributed by atoms with Crippen LogP contribution in [0.1, 0.15) is 25.8 Å². The van der Waals surface area contributed by atoms with E-state index in [1.165, 1.54) is 0 Å². The third-order valence-electron chi connectivity index (χ3n) is 1.89. The van der Waals surface area contributed by atoms with Crippen molar-refractivity contribution in [2.75, 3.05) is 4.90 Å². The Balaban J connectivity index is 3.32. The standard InChI is InChI=1S/C9H10F3IN2O2S/c1-8(2,3)15(7(16)17)5-4(13)18-6(14-5)9(10,11)12/h1-3H3,(H,16,17). The Morgan fingerprint density at radius 3 is 2.17 bits per heavy atom. The van der Waals surface area contributed by atoms with Gasteiger partial charge in [0.15, 0.2) is 5.82 Å². The highest BCUT2D eigenvalue weighted by Gasteiger charge is 2.39. The summed E-state index contributed by atoms with van der Waals surface area (Å²) in [7, 11) is 0. The first kappa shape index (κ1) is 15.5. The monoisotopic (exact) mass is 394 g/mol. The Hall–Kier alpha value is -0.580. The Bertz CT molecular complexity index is 467. The van der Waals surface area contributed by atoms with Crippen LogP contribution in [0.2, 0.25) is 0 Å². The molecule has 0 atom stereocenters. The third-order valence-corrected chi connectivity index (χ3v) is 3.91. The largest absolute Gasteiger partial charge is 0.465 e. The topological polar surface area (TPSA) is 53.4 Å². The third kappa shape index (κ3) is 3.25. The number of rotatable bonds is 1. The second-order valence-corrected chi connectivity index (χ2v) is 7.21. The average Bonchev–Trinajstić information content (AvgIpc) is 2.44. The molecule has 1 heterocycles. The van der Waals surface area contributed by atoms with E-state index in [2.05, 4.69) is 4.98 Å².